The molecule has 1 heterocycles. The third kappa shape index (κ3) is 5.27. The second-order valence-corrected chi connectivity index (χ2v) is 13.6. The lowest BCUT2D eigenvalue weighted by molar-refractivity contribution is -0.00595. The summed E-state index contributed by atoms with van der Waals surface area (Å²) in [7, 11) is -5.23. The molecule has 1 fully saturated rings. The highest BCUT2D eigenvalue weighted by atomic mass is 31.1. The Morgan fingerprint density at radius 1 is 1.37 bits per heavy atom. The third-order valence-electron chi connectivity index (χ3n) is 5.27. The van der Waals surface area contributed by atoms with E-state index in [9.17, 15) is 19.0 Å². The summed E-state index contributed by atoms with van der Waals surface area (Å²) >= 11 is 0. The molecular weight excluding hydrogens is 394 g/mol. The highest BCUT2D eigenvalue weighted by Crippen LogP contribution is 2.43. The summed E-state index contributed by atoms with van der Waals surface area (Å²) in [6.07, 6.45) is 0.131. The maximum Gasteiger partial charge on any atom is 0.695 e. The quantitative estimate of drug-likeness (QED) is 0.511. The average Bonchev–Trinajstić information content (AvgIpc) is 2.85. The molecule has 2 rings (SSSR count). The van der Waals surface area contributed by atoms with E-state index in [0.717, 1.165) is 6.20 Å². The number of hydrogen-bond donors (Lipinski definition) is 2. The van der Waals surface area contributed by atoms with E-state index in [0.29, 0.717) is 0 Å². The van der Waals surface area contributed by atoms with Gasteiger partial charge in [-0.1, -0.05) is 20.8 Å². The number of rotatable bonds is 7. The zero-order valence-electron chi connectivity index (χ0n) is 16.1. The molecule has 0 spiro atoms. The van der Waals surface area contributed by atoms with Gasteiger partial charge in [0, 0.05) is 17.1 Å². The fourth-order valence-corrected chi connectivity index (χ4v) is 4.60. The number of ether oxygens (including phenoxy) is 1. The van der Waals surface area contributed by atoms with Crippen molar-refractivity contribution in [2.24, 2.45) is 5.92 Å². The van der Waals surface area contributed by atoms with E-state index in [1.54, 1.807) is 0 Å². The topological polar surface area (TPSA) is 111 Å². The molecule has 0 aromatic carbocycles. The zero-order chi connectivity index (χ0) is 20.4. The Balaban J connectivity index is 2.34. The Kier molecular flexibility index (Phi) is 7.04. The van der Waals surface area contributed by atoms with Crippen molar-refractivity contribution in [2.75, 3.05) is 6.61 Å². The van der Waals surface area contributed by atoms with Crippen LogP contribution < -0.4 is 4.74 Å². The van der Waals surface area contributed by atoms with E-state index in [-0.39, 0.29) is 23.9 Å². The van der Waals surface area contributed by atoms with Crippen LogP contribution in [0.15, 0.2) is 12.5 Å². The summed E-state index contributed by atoms with van der Waals surface area (Å²) in [6.45, 7) is 9.94. The summed E-state index contributed by atoms with van der Waals surface area (Å²) < 4.78 is 42.6. The van der Waals surface area contributed by atoms with E-state index in [1.165, 1.54) is 6.33 Å². The first-order valence-corrected chi connectivity index (χ1v) is 12.7. The van der Waals surface area contributed by atoms with Crippen molar-refractivity contribution in [1.82, 2.24) is 9.97 Å². The standard InChI is InChI=1S/C16H26FN2O6PSi/c1-16(2,3)27(4,5)25-14-12(23-15-11(17)7-18-9-19-15)6-10(8-20)13(14)24-26(21)22/h7,9-10,12-14,20H,6,8H2,1-5H3/p+1/t10-,12-,13-,14+/m1/s1. The molecule has 1 aliphatic carbocycles. The van der Waals surface area contributed by atoms with Crippen molar-refractivity contribution in [2.45, 2.75) is 63.6 Å². The molecule has 0 radical (unpaired) electrons. The first kappa shape index (κ1) is 22.3. The molecule has 0 amide bonds. The number of halogens is 1. The van der Waals surface area contributed by atoms with Crippen LogP contribution in [0.4, 0.5) is 4.39 Å². The second-order valence-electron chi connectivity index (χ2n) is 8.16. The first-order chi connectivity index (χ1) is 12.5. The largest absolute Gasteiger partial charge is 0.695 e. The van der Waals surface area contributed by atoms with Gasteiger partial charge in [0.15, 0.2) is 8.32 Å². The average molecular weight is 421 g/mol. The smallest absolute Gasteiger partial charge is 0.469 e. The molecule has 2 N–H and O–H groups in total. The molecule has 1 saturated carbocycles. The van der Waals surface area contributed by atoms with Gasteiger partial charge < -0.3 is 14.3 Å². The van der Waals surface area contributed by atoms with E-state index in [1.807, 2.05) is 13.1 Å². The minimum Gasteiger partial charge on any atom is -0.469 e. The molecule has 5 atom stereocenters. The van der Waals surface area contributed by atoms with Gasteiger partial charge in [-0.15, -0.1) is 9.42 Å². The Labute approximate surface area is 160 Å². The van der Waals surface area contributed by atoms with Crippen LogP contribution in [-0.4, -0.2) is 53.2 Å². The van der Waals surface area contributed by atoms with Crippen molar-refractivity contribution in [3.8, 4) is 5.88 Å². The van der Waals surface area contributed by atoms with Gasteiger partial charge in [-0.05, 0) is 24.6 Å². The predicted molar refractivity (Wildman–Crippen MR) is 98.4 cm³/mol. The maximum atomic E-state index is 13.9. The van der Waals surface area contributed by atoms with Crippen molar-refractivity contribution in [3.63, 3.8) is 0 Å². The van der Waals surface area contributed by atoms with Gasteiger partial charge in [-0.25, -0.2) is 4.98 Å². The van der Waals surface area contributed by atoms with Crippen molar-refractivity contribution >= 4 is 16.6 Å². The van der Waals surface area contributed by atoms with Crippen LogP contribution >= 0.6 is 8.25 Å². The van der Waals surface area contributed by atoms with E-state index < -0.39 is 46.6 Å². The molecule has 1 unspecified atom stereocenters. The normalized spacial score (nSPS) is 26.9. The third-order valence-corrected chi connectivity index (χ3v) is 10.2. The zero-order valence-corrected chi connectivity index (χ0v) is 18.0. The van der Waals surface area contributed by atoms with Gasteiger partial charge in [0.25, 0.3) is 5.88 Å². The van der Waals surface area contributed by atoms with Gasteiger partial charge in [0.2, 0.25) is 5.82 Å². The van der Waals surface area contributed by atoms with Crippen LogP contribution in [0.25, 0.3) is 0 Å². The summed E-state index contributed by atoms with van der Waals surface area (Å²) in [4.78, 5) is 16.6. The Morgan fingerprint density at radius 3 is 2.56 bits per heavy atom. The molecule has 11 heteroatoms. The molecule has 0 saturated heterocycles. The minimum atomic E-state index is -2.91. The molecule has 8 nitrogen and oxygen atoms in total. The van der Waals surface area contributed by atoms with Crippen molar-refractivity contribution in [3.05, 3.63) is 18.3 Å². The molecule has 27 heavy (non-hydrogen) atoms. The Hall–Kier alpha value is -1.03. The molecule has 1 aliphatic rings. The lowest BCUT2D eigenvalue weighted by Crippen LogP contribution is -2.50. The van der Waals surface area contributed by atoms with Crippen LogP contribution in [-0.2, 0) is 13.5 Å². The van der Waals surface area contributed by atoms with Crippen LogP contribution in [0.3, 0.4) is 0 Å². The van der Waals surface area contributed by atoms with E-state index >= 15 is 0 Å². The van der Waals surface area contributed by atoms with E-state index in [4.69, 9.17) is 13.7 Å². The second kappa shape index (κ2) is 8.55. The van der Waals surface area contributed by atoms with Gasteiger partial charge in [0.05, 0.1) is 6.20 Å². The highest BCUT2D eigenvalue weighted by Gasteiger charge is 2.54. The minimum absolute atomic E-state index is 0.138. The Bertz CT molecular complexity index is 675. The van der Waals surface area contributed by atoms with Crippen LogP contribution in [0.2, 0.25) is 18.1 Å². The number of aliphatic hydroxyl groups excluding tert-OH is 1. The molecule has 152 valence electrons. The maximum absolute atomic E-state index is 13.9. The SMILES string of the molecule is CC(C)(C)[Si](C)(C)O[C@@H]1[C@H](O[P+](=O)O)[C@@H](CO)C[C@H]1Oc1ncncc1F. The summed E-state index contributed by atoms with van der Waals surface area (Å²) in [5, 5.41) is 9.57. The summed E-state index contributed by atoms with van der Waals surface area (Å²) in [6, 6.07) is 0. The summed E-state index contributed by atoms with van der Waals surface area (Å²) in [5.74, 6) is -1.44. The lowest BCUT2D eigenvalue weighted by atomic mass is 10.1. The molecule has 0 aliphatic heterocycles. The number of hydrogen-bond acceptors (Lipinski definition) is 7. The van der Waals surface area contributed by atoms with Crippen molar-refractivity contribution in [1.29, 1.82) is 0 Å². The molecule has 1 aromatic heterocycles. The van der Waals surface area contributed by atoms with E-state index in [2.05, 4.69) is 30.7 Å². The van der Waals surface area contributed by atoms with Crippen LogP contribution in [0.1, 0.15) is 27.2 Å². The van der Waals surface area contributed by atoms with Crippen LogP contribution in [0, 0.1) is 11.7 Å². The lowest BCUT2D eigenvalue weighted by Gasteiger charge is -2.40. The van der Waals surface area contributed by atoms with Gasteiger partial charge >= 0.3 is 8.25 Å². The fourth-order valence-electron chi connectivity index (χ4n) is 2.78. The Morgan fingerprint density at radius 2 is 2.04 bits per heavy atom. The van der Waals surface area contributed by atoms with Crippen LogP contribution in [0.5, 0.6) is 5.88 Å². The molecular formula is C16H27FN2O6PSi+. The monoisotopic (exact) mass is 421 g/mol. The van der Waals surface area contributed by atoms with Crippen molar-refractivity contribution < 1.29 is 32.6 Å². The number of aromatic nitrogens is 2. The summed E-state index contributed by atoms with van der Waals surface area (Å²) in [5.41, 5.74) is 0. The predicted octanol–water partition coefficient (Wildman–Crippen LogP) is 2.80. The van der Waals surface area contributed by atoms with Gasteiger partial charge in [-0.3, -0.25) is 0 Å². The van der Waals surface area contributed by atoms with Gasteiger partial charge in [0.1, 0.15) is 24.6 Å². The molecule has 0 bridgehead atoms. The first-order valence-electron chi connectivity index (χ1n) is 8.70. The highest BCUT2D eigenvalue weighted by molar-refractivity contribution is 7.32. The number of nitrogens with zero attached hydrogens (tertiary/aromatic N) is 2. The molecule has 1 aromatic rings. The number of aliphatic hydroxyl groups is 1. The van der Waals surface area contributed by atoms with Gasteiger partial charge in [-0.2, -0.15) is 9.37 Å². The fraction of sp³-hybridized carbons (Fsp3) is 0.750.